The van der Waals surface area contributed by atoms with Gasteiger partial charge in [-0.2, -0.15) is 0 Å². The number of hydrogen-bond acceptors (Lipinski definition) is 5. The average molecular weight is 428 g/mol. The predicted octanol–water partition coefficient (Wildman–Crippen LogP) is 2.95. The summed E-state index contributed by atoms with van der Waals surface area (Å²) in [4.78, 5) is 31.8. The maximum atomic E-state index is 12.7. The van der Waals surface area contributed by atoms with E-state index in [9.17, 15) is 9.59 Å². The lowest BCUT2D eigenvalue weighted by Crippen LogP contribution is -2.32. The highest BCUT2D eigenvalue weighted by Crippen LogP contribution is 2.36. The smallest absolute Gasteiger partial charge is 0.350 e. The minimum atomic E-state index is -0.355. The number of hydrogen-bond donors (Lipinski definition) is 1. The van der Waals surface area contributed by atoms with Gasteiger partial charge in [0.15, 0.2) is 5.65 Å². The molecule has 0 saturated heterocycles. The van der Waals surface area contributed by atoms with Crippen LogP contribution in [0.15, 0.2) is 35.4 Å². The van der Waals surface area contributed by atoms with Gasteiger partial charge in [-0.25, -0.2) is 18.9 Å². The molecule has 0 bridgehead atoms. The summed E-state index contributed by atoms with van der Waals surface area (Å²) in [6, 6.07) is 7.24. The highest BCUT2D eigenvalue weighted by atomic mass is 35.5. The number of nitrogens with one attached hydrogen (secondary N) is 1. The Morgan fingerprint density at radius 3 is 2.83 bits per heavy atom. The monoisotopic (exact) mass is 427 g/mol. The summed E-state index contributed by atoms with van der Waals surface area (Å²) in [6.07, 6.45) is 5.88. The molecule has 1 amide bonds. The highest BCUT2D eigenvalue weighted by molar-refractivity contribution is 7.19. The first kappa shape index (κ1) is 18.3. The summed E-state index contributed by atoms with van der Waals surface area (Å²) in [5.74, 6) is -0.276. The van der Waals surface area contributed by atoms with Crippen LogP contribution in [0.3, 0.4) is 0 Å². The third-order valence-electron chi connectivity index (χ3n) is 5.23. The van der Waals surface area contributed by atoms with Crippen LogP contribution >= 0.6 is 22.9 Å². The van der Waals surface area contributed by atoms with E-state index in [2.05, 4.69) is 15.4 Å². The van der Waals surface area contributed by atoms with Crippen molar-refractivity contribution < 1.29 is 4.79 Å². The van der Waals surface area contributed by atoms with Gasteiger partial charge < -0.3 is 5.32 Å². The first-order chi connectivity index (χ1) is 14.1. The van der Waals surface area contributed by atoms with Crippen LogP contribution < -0.4 is 11.0 Å². The maximum Gasteiger partial charge on any atom is 0.352 e. The number of aryl methyl sites for hydroxylation is 2. The number of benzene rings is 1. The van der Waals surface area contributed by atoms with Gasteiger partial charge in [-0.3, -0.25) is 4.79 Å². The van der Waals surface area contributed by atoms with Crippen molar-refractivity contribution in [2.75, 3.05) is 0 Å². The van der Waals surface area contributed by atoms with Gasteiger partial charge >= 0.3 is 5.69 Å². The number of aromatic nitrogens is 4. The van der Waals surface area contributed by atoms with Gasteiger partial charge in [0, 0.05) is 16.4 Å². The number of rotatable bonds is 4. The largest absolute Gasteiger partial charge is 0.352 e. The molecule has 0 aliphatic heterocycles. The molecule has 148 valence electrons. The van der Waals surface area contributed by atoms with E-state index < -0.39 is 0 Å². The first-order valence-electron chi connectivity index (χ1n) is 9.50. The van der Waals surface area contributed by atoms with Crippen molar-refractivity contribution in [2.24, 2.45) is 0 Å². The van der Waals surface area contributed by atoms with Crippen molar-refractivity contribution in [2.45, 2.75) is 38.8 Å². The molecule has 0 unspecified atom stereocenters. The highest BCUT2D eigenvalue weighted by Gasteiger charge is 2.21. The minimum absolute atomic E-state index is 0.137. The number of fused-ring (bicyclic) bond motifs is 5. The van der Waals surface area contributed by atoms with E-state index in [1.807, 2.05) is 12.1 Å². The summed E-state index contributed by atoms with van der Waals surface area (Å²) in [5.41, 5.74) is 2.43. The number of amides is 1. The Morgan fingerprint density at radius 1 is 1.21 bits per heavy atom. The van der Waals surface area contributed by atoms with Crippen LogP contribution in [0.5, 0.6) is 0 Å². The fourth-order valence-electron chi connectivity index (χ4n) is 3.78. The van der Waals surface area contributed by atoms with Gasteiger partial charge in [-0.15, -0.1) is 16.4 Å². The molecule has 1 aromatic carbocycles. The van der Waals surface area contributed by atoms with Gasteiger partial charge in [0.25, 0.3) is 0 Å². The van der Waals surface area contributed by atoms with Gasteiger partial charge in [0.2, 0.25) is 5.91 Å². The summed E-state index contributed by atoms with van der Waals surface area (Å²) in [7, 11) is 0. The van der Waals surface area contributed by atoms with E-state index in [1.165, 1.54) is 32.3 Å². The van der Waals surface area contributed by atoms with Crippen molar-refractivity contribution >= 4 is 44.7 Å². The first-order valence-corrected chi connectivity index (χ1v) is 10.7. The summed E-state index contributed by atoms with van der Waals surface area (Å²) in [6.45, 7) is 0.226. The van der Waals surface area contributed by atoms with Crippen LogP contribution in [-0.4, -0.2) is 25.1 Å². The molecule has 3 aromatic heterocycles. The zero-order valence-corrected chi connectivity index (χ0v) is 17.1. The molecule has 29 heavy (non-hydrogen) atoms. The second kappa shape index (κ2) is 7.27. The molecule has 0 fully saturated rings. The zero-order valence-electron chi connectivity index (χ0n) is 15.5. The van der Waals surface area contributed by atoms with Gasteiger partial charge in [0.1, 0.15) is 17.7 Å². The molecule has 3 heterocycles. The fraction of sp³-hybridized carbons (Fsp3) is 0.300. The molecule has 1 N–H and O–H groups in total. The van der Waals surface area contributed by atoms with Crippen LogP contribution in [0.25, 0.3) is 15.9 Å². The lowest BCUT2D eigenvalue weighted by Gasteiger charge is -2.09. The van der Waals surface area contributed by atoms with Crippen molar-refractivity contribution in [3.8, 4) is 0 Å². The summed E-state index contributed by atoms with van der Waals surface area (Å²) < 4.78 is 2.65. The van der Waals surface area contributed by atoms with Gasteiger partial charge in [0.05, 0.1) is 5.39 Å². The van der Waals surface area contributed by atoms with Crippen LogP contribution in [0.4, 0.5) is 0 Å². The van der Waals surface area contributed by atoms with E-state index in [0.29, 0.717) is 17.2 Å². The molecular formula is C20H18ClN5O2S. The van der Waals surface area contributed by atoms with Gasteiger partial charge in [-0.05, 0) is 48.9 Å². The molecule has 0 atom stereocenters. The summed E-state index contributed by atoms with van der Waals surface area (Å²) >= 11 is 7.56. The van der Waals surface area contributed by atoms with Crippen LogP contribution in [0.2, 0.25) is 5.02 Å². The van der Waals surface area contributed by atoms with Crippen molar-refractivity contribution in [3.63, 3.8) is 0 Å². The lowest BCUT2D eigenvalue weighted by atomic mass is 9.97. The normalized spacial score (nSPS) is 13.7. The van der Waals surface area contributed by atoms with E-state index in [-0.39, 0.29) is 18.1 Å². The number of nitrogens with zero attached hydrogens (tertiary/aromatic N) is 4. The third kappa shape index (κ3) is 3.32. The van der Waals surface area contributed by atoms with E-state index in [4.69, 9.17) is 11.6 Å². The Labute approximate surface area is 174 Å². The molecule has 0 spiro atoms. The van der Waals surface area contributed by atoms with Crippen molar-refractivity contribution in [3.05, 3.63) is 62.1 Å². The van der Waals surface area contributed by atoms with Crippen LogP contribution in [0.1, 0.15) is 28.8 Å². The Bertz CT molecular complexity index is 1290. The van der Waals surface area contributed by atoms with Gasteiger partial charge in [-0.1, -0.05) is 23.7 Å². The fourth-order valence-corrected chi connectivity index (χ4v) is 5.13. The molecule has 4 aromatic rings. The van der Waals surface area contributed by atoms with Crippen molar-refractivity contribution in [1.29, 1.82) is 0 Å². The van der Waals surface area contributed by atoms with E-state index >= 15 is 0 Å². The number of carbonyl (C=O) groups excluding carboxylic acids is 1. The second-order valence-corrected chi connectivity index (χ2v) is 8.69. The topological polar surface area (TPSA) is 81.3 Å². The average Bonchev–Trinajstić information content (AvgIpc) is 3.25. The lowest BCUT2D eigenvalue weighted by molar-refractivity contribution is -0.122. The predicted molar refractivity (Wildman–Crippen MR) is 113 cm³/mol. The maximum absolute atomic E-state index is 12.7. The van der Waals surface area contributed by atoms with Crippen molar-refractivity contribution in [1.82, 2.24) is 24.5 Å². The Kier molecular flexibility index (Phi) is 4.60. The SMILES string of the molecule is O=C(Cn1nc2c3c4c(sc3ncn2c1=O)CCCC4)NCc1ccc(Cl)cc1. The molecule has 0 radical (unpaired) electrons. The molecular weight excluding hydrogens is 410 g/mol. The molecule has 7 nitrogen and oxygen atoms in total. The molecule has 0 saturated carbocycles. The second-order valence-electron chi connectivity index (χ2n) is 7.17. The summed E-state index contributed by atoms with van der Waals surface area (Å²) in [5, 5.41) is 8.91. The number of thiophene rings is 1. The van der Waals surface area contributed by atoms with Crippen LogP contribution in [0, 0.1) is 0 Å². The number of halogens is 1. The minimum Gasteiger partial charge on any atom is -0.350 e. The Hall–Kier alpha value is -2.71. The Balaban J connectivity index is 1.43. The zero-order chi connectivity index (χ0) is 20.0. The van der Waals surface area contributed by atoms with Crippen LogP contribution in [-0.2, 0) is 30.7 Å². The van der Waals surface area contributed by atoms with E-state index in [1.54, 1.807) is 23.5 Å². The van der Waals surface area contributed by atoms with E-state index in [0.717, 1.165) is 35.0 Å². The molecule has 1 aliphatic carbocycles. The molecule has 1 aliphatic rings. The molecule has 5 rings (SSSR count). The number of carbonyl (C=O) groups is 1. The molecule has 9 heteroatoms. The quantitative estimate of drug-likeness (QED) is 0.543. The standard InChI is InChI=1S/C20H18ClN5O2S/c21-13-7-5-12(6-8-13)9-22-16(27)10-26-20(28)25-11-23-19-17(18(25)24-26)14-3-1-2-4-15(14)29-19/h5-8,11H,1-4,9-10H2,(H,22,27). The third-order valence-corrected chi connectivity index (χ3v) is 6.69. The Morgan fingerprint density at radius 2 is 2.00 bits per heavy atom.